The lowest BCUT2D eigenvalue weighted by molar-refractivity contribution is -0.118. The highest BCUT2D eigenvalue weighted by molar-refractivity contribution is 5.99. The summed E-state index contributed by atoms with van der Waals surface area (Å²) in [5.74, 6) is 1.03. The fourth-order valence-electron chi connectivity index (χ4n) is 5.88. The summed E-state index contributed by atoms with van der Waals surface area (Å²) in [6, 6.07) is 0. The first kappa shape index (κ1) is 17.0. The van der Waals surface area contributed by atoms with E-state index in [1.165, 1.54) is 11.1 Å². The van der Waals surface area contributed by atoms with Gasteiger partial charge in [0.25, 0.3) is 0 Å². The highest BCUT2D eigenvalue weighted by atomic mass is 16.3. The van der Waals surface area contributed by atoms with Crippen LogP contribution in [0, 0.1) is 22.7 Å². The van der Waals surface area contributed by atoms with Gasteiger partial charge in [-0.2, -0.15) is 0 Å². The molecular formula is C21H32O2. The second kappa shape index (κ2) is 5.05. The Bertz CT molecular complexity index is 593. The van der Waals surface area contributed by atoms with Gasteiger partial charge in [-0.25, -0.2) is 0 Å². The number of Topliss-reactive ketones (excluding diaryl/α,β-unsaturated/α-hetero) is 1. The second-order valence-corrected chi connectivity index (χ2v) is 9.37. The molecule has 0 saturated heterocycles. The van der Waals surface area contributed by atoms with Crippen molar-refractivity contribution in [1.82, 2.24) is 0 Å². The van der Waals surface area contributed by atoms with Crippen LogP contribution in [0.3, 0.4) is 0 Å². The minimum absolute atomic E-state index is 0.0302. The summed E-state index contributed by atoms with van der Waals surface area (Å²) in [6.45, 7) is 15.1. The molecule has 3 saturated carbocycles. The standard InChI is InChI=1S/C21H32O2/c1-13(2)18-15-8-9-20(5)16(11-19(15,4)12-17(18)22)14(3)7-10-21(20,6)23/h15-16,23H,3,7-12H2,1-2,4-6H3. The molecule has 0 aromatic heterocycles. The van der Waals surface area contributed by atoms with E-state index in [1.54, 1.807) is 0 Å². The molecule has 128 valence electrons. The number of aliphatic hydroxyl groups is 1. The maximum absolute atomic E-state index is 12.6. The number of carbonyl (C=O) groups excluding carboxylic acids is 1. The topological polar surface area (TPSA) is 37.3 Å². The van der Waals surface area contributed by atoms with Crippen molar-refractivity contribution in [2.24, 2.45) is 22.7 Å². The van der Waals surface area contributed by atoms with Crippen LogP contribution in [-0.2, 0) is 4.79 Å². The van der Waals surface area contributed by atoms with Crippen molar-refractivity contribution >= 4 is 5.78 Å². The lowest BCUT2D eigenvalue weighted by Crippen LogP contribution is -2.52. The predicted molar refractivity (Wildman–Crippen MR) is 94.0 cm³/mol. The Morgan fingerprint density at radius 1 is 1.17 bits per heavy atom. The molecule has 0 bridgehead atoms. The summed E-state index contributed by atoms with van der Waals surface area (Å²) < 4.78 is 0. The average molecular weight is 316 g/mol. The summed E-state index contributed by atoms with van der Waals surface area (Å²) in [7, 11) is 0. The third-order valence-electron chi connectivity index (χ3n) is 7.64. The van der Waals surface area contributed by atoms with Gasteiger partial charge in [-0.05, 0) is 75.7 Å². The van der Waals surface area contributed by atoms with E-state index in [9.17, 15) is 9.90 Å². The second-order valence-electron chi connectivity index (χ2n) is 9.37. The lowest BCUT2D eigenvalue weighted by Gasteiger charge is -2.53. The van der Waals surface area contributed by atoms with E-state index >= 15 is 0 Å². The molecule has 0 radical (unpaired) electrons. The number of hydrogen-bond acceptors (Lipinski definition) is 2. The summed E-state index contributed by atoms with van der Waals surface area (Å²) in [6.07, 6.45) is 5.38. The van der Waals surface area contributed by atoms with Gasteiger partial charge < -0.3 is 5.11 Å². The lowest BCUT2D eigenvalue weighted by atomic mass is 9.54. The molecule has 0 heterocycles. The summed E-state index contributed by atoms with van der Waals surface area (Å²) in [5.41, 5.74) is 2.83. The molecule has 0 spiro atoms. The molecule has 5 atom stereocenters. The molecule has 0 aromatic carbocycles. The maximum atomic E-state index is 12.6. The summed E-state index contributed by atoms with van der Waals surface area (Å²) in [4.78, 5) is 12.6. The van der Waals surface area contributed by atoms with Crippen molar-refractivity contribution < 1.29 is 9.90 Å². The van der Waals surface area contributed by atoms with Crippen LogP contribution in [0.25, 0.3) is 0 Å². The van der Waals surface area contributed by atoms with E-state index in [1.807, 2.05) is 6.92 Å². The van der Waals surface area contributed by atoms with Crippen LogP contribution in [0.1, 0.15) is 73.1 Å². The Morgan fingerprint density at radius 2 is 1.83 bits per heavy atom. The number of allylic oxidation sites excluding steroid dienone is 3. The number of fused-ring (bicyclic) bond motifs is 2. The molecular weight excluding hydrogens is 284 g/mol. The van der Waals surface area contributed by atoms with Gasteiger partial charge in [0.2, 0.25) is 0 Å². The molecule has 0 aromatic rings. The Labute approximate surface area is 141 Å². The monoisotopic (exact) mass is 316 g/mol. The maximum Gasteiger partial charge on any atom is 0.159 e. The van der Waals surface area contributed by atoms with Crippen LogP contribution in [0.4, 0.5) is 0 Å². The van der Waals surface area contributed by atoms with Crippen molar-refractivity contribution in [3.63, 3.8) is 0 Å². The fourth-order valence-corrected chi connectivity index (χ4v) is 5.88. The van der Waals surface area contributed by atoms with E-state index in [0.717, 1.165) is 37.7 Å². The van der Waals surface area contributed by atoms with Crippen LogP contribution >= 0.6 is 0 Å². The molecule has 23 heavy (non-hydrogen) atoms. The van der Waals surface area contributed by atoms with Gasteiger partial charge in [0.05, 0.1) is 5.60 Å². The molecule has 3 fully saturated rings. The Balaban J connectivity index is 2.07. The van der Waals surface area contributed by atoms with E-state index in [-0.39, 0.29) is 10.8 Å². The van der Waals surface area contributed by atoms with Crippen LogP contribution in [0.2, 0.25) is 0 Å². The molecule has 0 aliphatic heterocycles. The highest BCUT2D eigenvalue weighted by Crippen LogP contribution is 2.63. The van der Waals surface area contributed by atoms with Crippen molar-refractivity contribution in [3.05, 3.63) is 23.3 Å². The SMILES string of the molecule is C=C1CCC(C)(O)C2(C)CCC3C(=C(C)C)C(=O)CC3(C)CC12. The van der Waals surface area contributed by atoms with Gasteiger partial charge in [-0.15, -0.1) is 0 Å². The normalized spacial score (nSPS) is 47.1. The van der Waals surface area contributed by atoms with Crippen LogP contribution < -0.4 is 0 Å². The van der Waals surface area contributed by atoms with Crippen molar-refractivity contribution in [3.8, 4) is 0 Å². The molecule has 0 amide bonds. The van der Waals surface area contributed by atoms with Gasteiger partial charge in [-0.1, -0.05) is 31.6 Å². The zero-order chi connectivity index (χ0) is 17.2. The number of carbonyl (C=O) groups is 1. The van der Waals surface area contributed by atoms with Crippen LogP contribution in [0.5, 0.6) is 0 Å². The zero-order valence-electron chi connectivity index (χ0n) is 15.5. The first-order chi connectivity index (χ1) is 10.5. The minimum atomic E-state index is -0.636. The molecule has 2 heteroatoms. The van der Waals surface area contributed by atoms with Crippen LogP contribution in [0.15, 0.2) is 23.3 Å². The van der Waals surface area contributed by atoms with Crippen LogP contribution in [-0.4, -0.2) is 16.5 Å². The third kappa shape index (κ3) is 2.28. The zero-order valence-corrected chi connectivity index (χ0v) is 15.5. The Kier molecular flexibility index (Phi) is 3.72. The first-order valence-corrected chi connectivity index (χ1v) is 9.12. The molecule has 1 N–H and O–H groups in total. The minimum Gasteiger partial charge on any atom is -0.390 e. The van der Waals surface area contributed by atoms with Gasteiger partial charge >= 0.3 is 0 Å². The van der Waals surface area contributed by atoms with E-state index in [0.29, 0.717) is 24.0 Å². The van der Waals surface area contributed by atoms with E-state index < -0.39 is 5.60 Å². The molecule has 3 aliphatic carbocycles. The third-order valence-corrected chi connectivity index (χ3v) is 7.64. The van der Waals surface area contributed by atoms with Gasteiger partial charge in [0.1, 0.15) is 0 Å². The number of ketones is 1. The Hall–Kier alpha value is -0.890. The largest absolute Gasteiger partial charge is 0.390 e. The van der Waals surface area contributed by atoms with Crippen molar-refractivity contribution in [2.75, 3.05) is 0 Å². The molecule has 2 nitrogen and oxygen atoms in total. The van der Waals surface area contributed by atoms with Gasteiger partial charge in [0, 0.05) is 11.8 Å². The van der Waals surface area contributed by atoms with Gasteiger partial charge in [-0.3, -0.25) is 4.79 Å². The van der Waals surface area contributed by atoms with E-state index in [2.05, 4.69) is 34.3 Å². The number of hydrogen-bond donors (Lipinski definition) is 1. The highest BCUT2D eigenvalue weighted by Gasteiger charge is 2.59. The summed E-state index contributed by atoms with van der Waals surface area (Å²) in [5, 5.41) is 11.1. The molecule has 5 unspecified atom stereocenters. The first-order valence-electron chi connectivity index (χ1n) is 9.12. The Morgan fingerprint density at radius 3 is 2.43 bits per heavy atom. The van der Waals surface area contributed by atoms with Crippen molar-refractivity contribution in [1.29, 1.82) is 0 Å². The molecule has 3 aliphatic rings. The average Bonchev–Trinajstić information content (AvgIpc) is 2.61. The van der Waals surface area contributed by atoms with Crippen molar-refractivity contribution in [2.45, 2.75) is 78.7 Å². The number of rotatable bonds is 0. The summed E-state index contributed by atoms with van der Waals surface area (Å²) >= 11 is 0. The quantitative estimate of drug-likeness (QED) is 0.513. The molecule has 3 rings (SSSR count). The smallest absolute Gasteiger partial charge is 0.159 e. The van der Waals surface area contributed by atoms with Gasteiger partial charge in [0.15, 0.2) is 5.78 Å². The van der Waals surface area contributed by atoms with E-state index in [4.69, 9.17) is 0 Å². The fraction of sp³-hybridized carbons (Fsp3) is 0.762. The predicted octanol–water partition coefficient (Wildman–Crippen LogP) is 4.83.